The van der Waals surface area contributed by atoms with E-state index < -0.39 is 0 Å². The van der Waals surface area contributed by atoms with Crippen LogP contribution >= 0.6 is 26.2 Å². The molecular weight excluding hydrogens is 219 g/mol. The van der Waals surface area contributed by atoms with Crippen LogP contribution < -0.4 is 5.30 Å². The van der Waals surface area contributed by atoms with Crippen LogP contribution in [0.4, 0.5) is 0 Å². The largest absolute Gasteiger partial charge is 0.114 e. The van der Waals surface area contributed by atoms with Gasteiger partial charge in [0.15, 0.2) is 0 Å². The Kier molecular flexibility index (Phi) is 4.28. The second kappa shape index (κ2) is 4.23. The minimum absolute atomic E-state index is 0. The summed E-state index contributed by atoms with van der Waals surface area (Å²) in [5.41, 5.74) is 4.18. The van der Waals surface area contributed by atoms with E-state index in [9.17, 15) is 0 Å². The highest BCUT2D eigenvalue weighted by molar-refractivity contribution is 8.93. The first kappa shape index (κ1) is 11.1. The molecule has 0 aliphatic rings. The molecule has 0 aliphatic heterocycles. The van der Waals surface area contributed by atoms with Crippen molar-refractivity contribution in [3.05, 3.63) is 28.8 Å². The van der Waals surface area contributed by atoms with E-state index in [-0.39, 0.29) is 17.0 Å². The van der Waals surface area contributed by atoms with Crippen molar-refractivity contribution in [1.29, 1.82) is 0 Å². The summed E-state index contributed by atoms with van der Waals surface area (Å²) in [6, 6.07) is 4.30. The first-order valence-electron chi connectivity index (χ1n) is 3.45. The number of halogens is 1. The van der Waals surface area contributed by atoms with Crippen LogP contribution in [0.3, 0.4) is 0 Å². The summed E-state index contributed by atoms with van der Waals surface area (Å²) in [5, 5.41) is 1.31. The monoisotopic (exact) mass is 232 g/mol. The molecule has 2 heteroatoms. The highest BCUT2D eigenvalue weighted by Gasteiger charge is 1.97. The van der Waals surface area contributed by atoms with Gasteiger partial charge in [-0.2, -0.15) is 0 Å². The zero-order valence-corrected chi connectivity index (χ0v) is 10.0. The van der Waals surface area contributed by atoms with Crippen molar-refractivity contribution in [3.63, 3.8) is 0 Å². The lowest BCUT2D eigenvalue weighted by Gasteiger charge is -2.05. The summed E-state index contributed by atoms with van der Waals surface area (Å²) < 4.78 is 0. The fourth-order valence-corrected chi connectivity index (χ4v) is 1.29. The molecule has 1 aromatic rings. The van der Waals surface area contributed by atoms with Crippen LogP contribution in [0.2, 0.25) is 0 Å². The van der Waals surface area contributed by atoms with Crippen LogP contribution in [0, 0.1) is 20.8 Å². The van der Waals surface area contributed by atoms with E-state index in [0.717, 1.165) is 0 Å². The predicted octanol–water partition coefficient (Wildman–Crippen LogP) is 2.69. The fourth-order valence-electron chi connectivity index (χ4n) is 0.977. The summed E-state index contributed by atoms with van der Waals surface area (Å²) in [6.45, 7) is 6.47. The van der Waals surface area contributed by atoms with E-state index in [4.69, 9.17) is 0 Å². The molecule has 0 bridgehead atoms. The molecular formula is C9H14BrP. The lowest BCUT2D eigenvalue weighted by atomic mass is 10.1. The summed E-state index contributed by atoms with van der Waals surface area (Å²) in [4.78, 5) is 0. The van der Waals surface area contributed by atoms with Gasteiger partial charge < -0.3 is 0 Å². The van der Waals surface area contributed by atoms with Gasteiger partial charge in [-0.3, -0.25) is 0 Å². The van der Waals surface area contributed by atoms with E-state index in [1.165, 1.54) is 22.0 Å². The van der Waals surface area contributed by atoms with Gasteiger partial charge in [0.05, 0.1) is 0 Å². The van der Waals surface area contributed by atoms with Crippen LogP contribution in [0.5, 0.6) is 0 Å². The Morgan fingerprint density at radius 2 is 1.55 bits per heavy atom. The Morgan fingerprint density at radius 1 is 1.00 bits per heavy atom. The van der Waals surface area contributed by atoms with Gasteiger partial charge in [-0.15, -0.1) is 26.2 Å². The average molecular weight is 233 g/mol. The van der Waals surface area contributed by atoms with Gasteiger partial charge in [-0.05, 0) is 42.8 Å². The van der Waals surface area contributed by atoms with Crippen molar-refractivity contribution < 1.29 is 0 Å². The lowest BCUT2D eigenvalue weighted by Crippen LogP contribution is -2.00. The summed E-state index contributed by atoms with van der Waals surface area (Å²) >= 11 is 0. The van der Waals surface area contributed by atoms with Gasteiger partial charge in [0, 0.05) is 0 Å². The molecule has 1 unspecified atom stereocenters. The van der Waals surface area contributed by atoms with Crippen LogP contribution in [-0.4, -0.2) is 0 Å². The summed E-state index contributed by atoms with van der Waals surface area (Å²) in [6.07, 6.45) is 0. The first-order chi connectivity index (χ1) is 4.63. The molecule has 0 aromatic heterocycles. The van der Waals surface area contributed by atoms with E-state index in [2.05, 4.69) is 42.1 Å². The molecule has 1 atom stereocenters. The SMILES string of the molecule is Br.Cc1ccc(P)c(C)c1C. The van der Waals surface area contributed by atoms with Gasteiger partial charge in [0.1, 0.15) is 0 Å². The van der Waals surface area contributed by atoms with Crippen molar-refractivity contribution in [2.24, 2.45) is 0 Å². The van der Waals surface area contributed by atoms with Crippen molar-refractivity contribution in [1.82, 2.24) is 0 Å². The smallest absolute Gasteiger partial charge is 0.0271 e. The number of rotatable bonds is 0. The van der Waals surface area contributed by atoms with Crippen LogP contribution in [0.25, 0.3) is 0 Å². The van der Waals surface area contributed by atoms with E-state index in [1.54, 1.807) is 0 Å². The maximum Gasteiger partial charge on any atom is -0.0271 e. The van der Waals surface area contributed by atoms with E-state index in [1.807, 2.05) is 0 Å². The molecule has 0 heterocycles. The number of hydrogen-bond donors (Lipinski definition) is 0. The number of hydrogen-bond acceptors (Lipinski definition) is 0. The second-order valence-electron chi connectivity index (χ2n) is 2.72. The van der Waals surface area contributed by atoms with Crippen molar-refractivity contribution >= 4 is 31.5 Å². The predicted molar refractivity (Wildman–Crippen MR) is 60.3 cm³/mol. The molecule has 0 aliphatic carbocycles. The lowest BCUT2D eigenvalue weighted by molar-refractivity contribution is 1.29. The third-order valence-corrected chi connectivity index (χ3v) is 2.73. The Bertz CT molecular complexity index is 229. The molecule has 0 saturated carbocycles. The van der Waals surface area contributed by atoms with Gasteiger partial charge in [0.2, 0.25) is 0 Å². The highest BCUT2D eigenvalue weighted by atomic mass is 79.9. The van der Waals surface area contributed by atoms with Crippen molar-refractivity contribution in [2.75, 3.05) is 0 Å². The normalized spacial score (nSPS) is 9.09. The van der Waals surface area contributed by atoms with Crippen LogP contribution in [0.1, 0.15) is 16.7 Å². The quantitative estimate of drug-likeness (QED) is 0.604. The molecule has 0 spiro atoms. The number of aryl methyl sites for hydroxylation is 1. The molecule has 0 saturated heterocycles. The van der Waals surface area contributed by atoms with E-state index in [0.29, 0.717) is 0 Å². The Hall–Kier alpha value is 0.130. The number of benzene rings is 1. The topological polar surface area (TPSA) is 0 Å². The highest BCUT2D eigenvalue weighted by Crippen LogP contribution is 2.10. The van der Waals surface area contributed by atoms with Gasteiger partial charge in [0.25, 0.3) is 0 Å². The van der Waals surface area contributed by atoms with Gasteiger partial charge in [-0.25, -0.2) is 0 Å². The van der Waals surface area contributed by atoms with Crippen LogP contribution in [0.15, 0.2) is 12.1 Å². The molecule has 0 fully saturated rings. The molecule has 0 N–H and O–H groups in total. The molecule has 1 aromatic carbocycles. The fraction of sp³-hybridized carbons (Fsp3) is 0.333. The Balaban J connectivity index is 0.000001000. The first-order valence-corrected chi connectivity index (χ1v) is 4.03. The third-order valence-electron chi connectivity index (χ3n) is 2.10. The Labute approximate surface area is 81.4 Å². The average Bonchev–Trinajstić information content (AvgIpc) is 1.93. The maximum absolute atomic E-state index is 2.74. The van der Waals surface area contributed by atoms with E-state index >= 15 is 0 Å². The second-order valence-corrected chi connectivity index (χ2v) is 3.34. The molecule has 1 rings (SSSR count). The third kappa shape index (κ3) is 2.28. The molecule has 0 nitrogen and oxygen atoms in total. The Morgan fingerprint density at radius 3 is 2.00 bits per heavy atom. The molecule has 11 heavy (non-hydrogen) atoms. The molecule has 0 radical (unpaired) electrons. The summed E-state index contributed by atoms with van der Waals surface area (Å²) in [7, 11) is 2.74. The standard InChI is InChI=1S/C9H13P.BrH/c1-6-4-5-9(10)8(3)7(6)2;/h4-5H,10H2,1-3H3;1H. The zero-order valence-electron chi connectivity index (χ0n) is 7.14. The van der Waals surface area contributed by atoms with Crippen LogP contribution in [-0.2, 0) is 0 Å². The minimum Gasteiger partial charge on any atom is -0.114 e. The molecule has 62 valence electrons. The zero-order chi connectivity index (χ0) is 7.72. The molecule has 0 amide bonds. The maximum atomic E-state index is 2.74. The van der Waals surface area contributed by atoms with Crippen molar-refractivity contribution in [2.45, 2.75) is 20.8 Å². The summed E-state index contributed by atoms with van der Waals surface area (Å²) in [5.74, 6) is 0. The van der Waals surface area contributed by atoms with Gasteiger partial charge in [-0.1, -0.05) is 12.1 Å². The minimum atomic E-state index is 0. The van der Waals surface area contributed by atoms with Crippen molar-refractivity contribution in [3.8, 4) is 0 Å². The van der Waals surface area contributed by atoms with Gasteiger partial charge >= 0.3 is 0 Å².